The molecule has 2 rings (SSSR count). The lowest BCUT2D eigenvalue weighted by molar-refractivity contribution is 0.0809. The average Bonchev–Trinajstić information content (AvgIpc) is 2.00. The van der Waals surface area contributed by atoms with Crippen molar-refractivity contribution in [2.75, 3.05) is 0 Å². The second-order valence-electron chi connectivity index (χ2n) is 5.11. The number of rotatable bonds is 1. The summed E-state index contributed by atoms with van der Waals surface area (Å²) in [4.78, 5) is 0. The highest BCUT2D eigenvalue weighted by Crippen LogP contribution is 2.32. The number of hydrazone groups is 1. The summed E-state index contributed by atoms with van der Waals surface area (Å²) < 4.78 is 0. The first-order chi connectivity index (χ1) is 6.57. The highest BCUT2D eigenvalue weighted by molar-refractivity contribution is 5.72. The molecule has 1 aliphatic heterocycles. The Hall–Kier alpha value is -0.990. The van der Waals surface area contributed by atoms with Crippen molar-refractivity contribution in [3.63, 3.8) is 0 Å². The van der Waals surface area contributed by atoms with Gasteiger partial charge in [0.1, 0.15) is 0 Å². The van der Waals surface area contributed by atoms with Gasteiger partial charge < -0.3 is 0 Å². The molecule has 1 heterocycles. The van der Waals surface area contributed by atoms with Gasteiger partial charge in [0, 0.05) is 11.6 Å². The topological polar surface area (TPSA) is 27.6 Å². The molecule has 1 N–H and O–H groups in total. The van der Waals surface area contributed by atoms with Gasteiger partial charge in [-0.15, -0.1) is 0 Å². The molecule has 0 saturated heterocycles. The van der Waals surface area contributed by atoms with Gasteiger partial charge in [0.05, 0.1) is 11.8 Å². The third-order valence-corrected chi connectivity index (χ3v) is 2.85. The largest absolute Gasteiger partial charge is 0.286 e. The summed E-state index contributed by atoms with van der Waals surface area (Å²) in [5.74, 6) is 0.742. The Balaban J connectivity index is 2.02. The van der Waals surface area contributed by atoms with E-state index in [2.05, 4.69) is 37.4 Å². The first kappa shape index (κ1) is 9.56. The van der Waals surface area contributed by atoms with Crippen LogP contribution in [-0.2, 0) is 0 Å². The molecule has 14 heavy (non-hydrogen) atoms. The predicted octanol–water partition coefficient (Wildman–Crippen LogP) is 2.27. The fraction of sp³-hybridized carbons (Fsp3) is 0.727. The summed E-state index contributed by atoms with van der Waals surface area (Å²) in [5.41, 5.74) is 4.77. The summed E-state index contributed by atoms with van der Waals surface area (Å²) in [6, 6.07) is 0. The van der Waals surface area contributed by atoms with Crippen LogP contribution in [0.2, 0.25) is 0 Å². The molecule has 0 radical (unpaired) electrons. The Morgan fingerprint density at radius 3 is 2.64 bits per heavy atom. The lowest BCUT2D eigenvalue weighted by Gasteiger charge is -2.39. The number of nitrogens with one attached hydrogen (secondary N) is 1. The predicted molar refractivity (Wildman–Crippen MR) is 58.6 cm³/mol. The Labute approximate surface area is 85.8 Å². The van der Waals surface area contributed by atoms with Crippen LogP contribution in [0, 0.1) is 5.92 Å². The smallest absolute Gasteiger partial charge is 0.0717 e. The molecule has 2 aliphatic rings. The van der Waals surface area contributed by atoms with Crippen molar-refractivity contribution in [3.05, 3.63) is 11.8 Å². The van der Waals surface area contributed by atoms with E-state index in [4.69, 9.17) is 0 Å². The quantitative estimate of drug-likeness (QED) is 0.692. The molecule has 1 aliphatic carbocycles. The molecular weight excluding hydrogens is 174 g/mol. The molecule has 0 atom stereocenters. The van der Waals surface area contributed by atoms with E-state index >= 15 is 0 Å². The molecule has 0 unspecified atom stereocenters. The van der Waals surface area contributed by atoms with Crippen molar-refractivity contribution in [2.45, 2.75) is 45.6 Å². The fourth-order valence-electron chi connectivity index (χ4n) is 1.66. The average molecular weight is 193 g/mol. The Kier molecular flexibility index (Phi) is 2.25. The van der Waals surface area contributed by atoms with Crippen LogP contribution < -0.4 is 5.43 Å². The van der Waals surface area contributed by atoms with E-state index in [0.717, 1.165) is 5.92 Å². The van der Waals surface area contributed by atoms with Gasteiger partial charge in [0.2, 0.25) is 0 Å². The normalized spacial score (nSPS) is 22.8. The highest BCUT2D eigenvalue weighted by Gasteiger charge is 2.27. The summed E-state index contributed by atoms with van der Waals surface area (Å²) in [5, 5.41) is 6.26. The molecule has 0 aromatic carbocycles. The van der Waals surface area contributed by atoms with Crippen LogP contribution in [0.25, 0.3) is 0 Å². The lowest BCUT2D eigenvalue weighted by atomic mass is 9.83. The van der Waals surface area contributed by atoms with E-state index in [1.807, 2.05) is 11.3 Å². The van der Waals surface area contributed by atoms with Crippen molar-refractivity contribution >= 4 is 6.21 Å². The van der Waals surface area contributed by atoms with E-state index in [1.165, 1.54) is 25.0 Å². The molecule has 0 amide bonds. The Morgan fingerprint density at radius 2 is 2.14 bits per heavy atom. The SMILES string of the molecule is CC(C)(C)N1N=CC=C(C2CCC2)N1. The van der Waals surface area contributed by atoms with E-state index in [1.54, 1.807) is 0 Å². The van der Waals surface area contributed by atoms with Crippen molar-refractivity contribution in [1.82, 2.24) is 10.5 Å². The van der Waals surface area contributed by atoms with E-state index in [0.29, 0.717) is 0 Å². The van der Waals surface area contributed by atoms with Crippen molar-refractivity contribution in [2.24, 2.45) is 11.0 Å². The number of nitrogens with zero attached hydrogens (tertiary/aromatic N) is 2. The van der Waals surface area contributed by atoms with Crippen molar-refractivity contribution < 1.29 is 0 Å². The van der Waals surface area contributed by atoms with Crippen molar-refractivity contribution in [3.8, 4) is 0 Å². The van der Waals surface area contributed by atoms with Gasteiger partial charge in [-0.3, -0.25) is 5.43 Å². The molecule has 1 fully saturated rings. The summed E-state index contributed by atoms with van der Waals surface area (Å²) >= 11 is 0. The second kappa shape index (κ2) is 3.30. The zero-order valence-corrected chi connectivity index (χ0v) is 9.25. The molecule has 78 valence electrons. The highest BCUT2D eigenvalue weighted by atomic mass is 15.7. The molecule has 0 spiro atoms. The van der Waals surface area contributed by atoms with Crippen LogP contribution in [0.3, 0.4) is 0 Å². The monoisotopic (exact) mass is 193 g/mol. The van der Waals surface area contributed by atoms with Crippen LogP contribution in [-0.4, -0.2) is 16.9 Å². The zero-order chi connectivity index (χ0) is 10.2. The zero-order valence-electron chi connectivity index (χ0n) is 9.25. The minimum Gasteiger partial charge on any atom is -0.286 e. The molecular formula is C11H19N3. The van der Waals surface area contributed by atoms with Crippen LogP contribution >= 0.6 is 0 Å². The standard InChI is InChI=1S/C11H19N3/c1-11(2,3)14-12-8-7-10(13-14)9-5-4-6-9/h7-9,13H,4-6H2,1-3H3. The number of hydrogen-bond acceptors (Lipinski definition) is 3. The van der Waals surface area contributed by atoms with Crippen molar-refractivity contribution in [1.29, 1.82) is 0 Å². The second-order valence-corrected chi connectivity index (χ2v) is 5.11. The maximum absolute atomic E-state index is 4.31. The van der Waals surface area contributed by atoms with Gasteiger partial charge in [-0.25, -0.2) is 5.12 Å². The Morgan fingerprint density at radius 1 is 1.43 bits per heavy atom. The van der Waals surface area contributed by atoms with Gasteiger partial charge in [-0.1, -0.05) is 6.42 Å². The van der Waals surface area contributed by atoms with E-state index in [-0.39, 0.29) is 5.54 Å². The third-order valence-electron chi connectivity index (χ3n) is 2.85. The van der Waals surface area contributed by atoms with Crippen LogP contribution in [0.1, 0.15) is 40.0 Å². The minimum atomic E-state index is 0.0414. The van der Waals surface area contributed by atoms with Gasteiger partial charge in [-0.05, 0) is 39.7 Å². The van der Waals surface area contributed by atoms with Gasteiger partial charge >= 0.3 is 0 Å². The number of hydrogen-bond donors (Lipinski definition) is 1. The molecule has 0 bridgehead atoms. The van der Waals surface area contributed by atoms with E-state index < -0.39 is 0 Å². The number of hydrazine groups is 1. The van der Waals surface area contributed by atoms with Crippen LogP contribution in [0.4, 0.5) is 0 Å². The van der Waals surface area contributed by atoms with Gasteiger partial charge in [0.15, 0.2) is 0 Å². The minimum absolute atomic E-state index is 0.0414. The lowest BCUT2D eigenvalue weighted by Crippen LogP contribution is -2.49. The summed E-state index contributed by atoms with van der Waals surface area (Å²) in [6.07, 6.45) is 8.02. The maximum atomic E-state index is 4.31. The first-order valence-electron chi connectivity index (χ1n) is 5.38. The fourth-order valence-corrected chi connectivity index (χ4v) is 1.66. The molecule has 0 aromatic heterocycles. The molecule has 3 nitrogen and oxygen atoms in total. The molecule has 3 heteroatoms. The third kappa shape index (κ3) is 1.76. The molecule has 0 aromatic rings. The Bertz CT molecular complexity index is 269. The summed E-state index contributed by atoms with van der Waals surface area (Å²) in [7, 11) is 0. The summed E-state index contributed by atoms with van der Waals surface area (Å²) in [6.45, 7) is 6.46. The van der Waals surface area contributed by atoms with Crippen LogP contribution in [0.15, 0.2) is 16.9 Å². The maximum Gasteiger partial charge on any atom is 0.0717 e. The molecule has 1 saturated carbocycles. The van der Waals surface area contributed by atoms with Gasteiger partial charge in [-0.2, -0.15) is 5.10 Å². The first-order valence-corrected chi connectivity index (χ1v) is 5.38. The van der Waals surface area contributed by atoms with Gasteiger partial charge in [0.25, 0.3) is 0 Å². The number of allylic oxidation sites excluding steroid dienone is 2. The van der Waals surface area contributed by atoms with E-state index in [9.17, 15) is 0 Å². The van der Waals surface area contributed by atoms with Crippen LogP contribution in [0.5, 0.6) is 0 Å².